The van der Waals surface area contributed by atoms with Crippen molar-refractivity contribution >= 4 is 11.6 Å². The zero-order chi connectivity index (χ0) is 9.26. The molecule has 66 valence electrons. The molecule has 0 atom stereocenters. The Bertz CT molecular complexity index is 364. The number of allylic oxidation sites excluding steroid dienone is 4. The van der Waals surface area contributed by atoms with Gasteiger partial charge in [0.1, 0.15) is 0 Å². The topological polar surface area (TPSA) is 70.7 Å². The Balaban J connectivity index is 2.37. The standard InChI is InChI=1S/C8H8N4O/c9-8(13)7-6-4-2-1-3-5-12(6)11-10-7/h1-5,11H,(H2,9,13). The maximum atomic E-state index is 10.9. The van der Waals surface area contributed by atoms with Crippen LogP contribution in [0.1, 0.15) is 0 Å². The Labute approximate surface area is 74.9 Å². The normalized spacial score (nSPS) is 18.6. The van der Waals surface area contributed by atoms with Crippen molar-refractivity contribution in [3.8, 4) is 0 Å². The summed E-state index contributed by atoms with van der Waals surface area (Å²) in [4.78, 5) is 10.9. The highest BCUT2D eigenvalue weighted by Crippen LogP contribution is 2.13. The van der Waals surface area contributed by atoms with Crippen LogP contribution in [0.25, 0.3) is 0 Å². The van der Waals surface area contributed by atoms with Crippen molar-refractivity contribution in [3.05, 3.63) is 36.2 Å². The number of hydrogen-bond donors (Lipinski definition) is 2. The molecule has 5 nitrogen and oxygen atoms in total. The number of carbonyl (C=O) groups excluding carboxylic acids is 1. The third kappa shape index (κ3) is 1.20. The molecule has 0 fully saturated rings. The van der Waals surface area contributed by atoms with Crippen LogP contribution >= 0.6 is 0 Å². The SMILES string of the molecule is NC(=O)C1=NNN2C=CC=CC=C12. The number of carbonyl (C=O) groups is 1. The van der Waals surface area contributed by atoms with Crippen LogP contribution in [-0.2, 0) is 4.79 Å². The number of nitrogens with two attached hydrogens (primary N) is 1. The molecule has 0 aromatic carbocycles. The third-order valence-electron chi connectivity index (χ3n) is 1.72. The molecule has 2 rings (SSSR count). The lowest BCUT2D eigenvalue weighted by molar-refractivity contribution is -0.111. The van der Waals surface area contributed by atoms with E-state index < -0.39 is 5.91 Å². The smallest absolute Gasteiger partial charge is 0.271 e. The molecule has 2 aliphatic rings. The molecule has 0 bridgehead atoms. The van der Waals surface area contributed by atoms with E-state index in [9.17, 15) is 4.79 Å². The van der Waals surface area contributed by atoms with Gasteiger partial charge in [0.25, 0.3) is 5.91 Å². The number of amides is 1. The lowest BCUT2D eigenvalue weighted by atomic mass is 10.2. The van der Waals surface area contributed by atoms with Crippen LogP contribution in [0, 0.1) is 0 Å². The fraction of sp³-hybridized carbons (Fsp3) is 0. The van der Waals surface area contributed by atoms with E-state index in [1.807, 2.05) is 18.2 Å². The largest absolute Gasteiger partial charge is 0.364 e. The molecular formula is C8H8N4O. The Morgan fingerprint density at radius 2 is 2.31 bits per heavy atom. The molecule has 0 spiro atoms. The Morgan fingerprint density at radius 3 is 3.08 bits per heavy atom. The number of rotatable bonds is 1. The summed E-state index contributed by atoms with van der Waals surface area (Å²) in [6.07, 6.45) is 9.03. The van der Waals surface area contributed by atoms with Crippen LogP contribution in [0.5, 0.6) is 0 Å². The maximum absolute atomic E-state index is 10.9. The quantitative estimate of drug-likeness (QED) is 0.572. The van der Waals surface area contributed by atoms with E-state index in [-0.39, 0.29) is 5.71 Å². The number of primary amides is 1. The number of nitrogens with one attached hydrogen (secondary N) is 1. The van der Waals surface area contributed by atoms with Crippen LogP contribution in [-0.4, -0.2) is 16.6 Å². The summed E-state index contributed by atoms with van der Waals surface area (Å²) in [7, 11) is 0. The van der Waals surface area contributed by atoms with Gasteiger partial charge in [0.15, 0.2) is 5.71 Å². The highest BCUT2D eigenvalue weighted by atomic mass is 16.1. The third-order valence-corrected chi connectivity index (χ3v) is 1.72. The molecule has 2 aliphatic heterocycles. The van der Waals surface area contributed by atoms with Crippen molar-refractivity contribution in [2.75, 3.05) is 0 Å². The second kappa shape index (κ2) is 2.78. The van der Waals surface area contributed by atoms with Crippen LogP contribution < -0.4 is 11.3 Å². The molecule has 1 amide bonds. The molecular weight excluding hydrogens is 168 g/mol. The molecule has 0 radical (unpaired) electrons. The monoisotopic (exact) mass is 176 g/mol. The van der Waals surface area contributed by atoms with E-state index in [4.69, 9.17) is 5.73 Å². The number of hydrogen-bond acceptors (Lipinski definition) is 4. The molecule has 0 aliphatic carbocycles. The van der Waals surface area contributed by atoms with Gasteiger partial charge < -0.3 is 5.73 Å². The minimum Gasteiger partial charge on any atom is -0.364 e. The second-order valence-electron chi connectivity index (χ2n) is 2.57. The van der Waals surface area contributed by atoms with E-state index in [0.29, 0.717) is 5.70 Å². The average molecular weight is 176 g/mol. The van der Waals surface area contributed by atoms with Gasteiger partial charge in [-0.15, -0.1) is 0 Å². The molecule has 13 heavy (non-hydrogen) atoms. The van der Waals surface area contributed by atoms with Crippen molar-refractivity contribution in [1.82, 2.24) is 10.5 Å². The molecule has 0 unspecified atom stereocenters. The molecule has 0 saturated heterocycles. The summed E-state index contributed by atoms with van der Waals surface area (Å²) < 4.78 is 0. The zero-order valence-corrected chi connectivity index (χ0v) is 6.77. The second-order valence-corrected chi connectivity index (χ2v) is 2.57. The van der Waals surface area contributed by atoms with Crippen molar-refractivity contribution < 1.29 is 4.79 Å². The Hall–Kier alpha value is -2.04. The van der Waals surface area contributed by atoms with E-state index in [0.717, 1.165) is 0 Å². The van der Waals surface area contributed by atoms with Gasteiger partial charge in [0, 0.05) is 6.20 Å². The average Bonchev–Trinajstić information content (AvgIpc) is 2.36. The summed E-state index contributed by atoms with van der Waals surface area (Å²) in [6, 6.07) is 0. The van der Waals surface area contributed by atoms with Crippen molar-refractivity contribution in [3.63, 3.8) is 0 Å². The van der Waals surface area contributed by atoms with Crippen molar-refractivity contribution in [2.24, 2.45) is 10.8 Å². The first-order valence-electron chi connectivity index (χ1n) is 3.77. The van der Waals surface area contributed by atoms with Gasteiger partial charge >= 0.3 is 0 Å². The Kier molecular flexibility index (Phi) is 1.63. The molecule has 0 aromatic heterocycles. The zero-order valence-electron chi connectivity index (χ0n) is 6.77. The molecule has 0 aromatic rings. The first-order chi connectivity index (χ1) is 6.29. The lowest BCUT2D eigenvalue weighted by Crippen LogP contribution is -2.28. The number of hydrazone groups is 1. The lowest BCUT2D eigenvalue weighted by Gasteiger charge is -2.11. The minimum atomic E-state index is -0.537. The number of fused-ring (bicyclic) bond motifs is 1. The highest BCUT2D eigenvalue weighted by molar-refractivity contribution is 6.45. The van der Waals surface area contributed by atoms with E-state index in [1.165, 1.54) is 0 Å². The van der Waals surface area contributed by atoms with Crippen molar-refractivity contribution in [2.45, 2.75) is 0 Å². The van der Waals surface area contributed by atoms with Gasteiger partial charge in [-0.2, -0.15) is 5.10 Å². The first kappa shape index (κ1) is 7.60. The van der Waals surface area contributed by atoms with Crippen LogP contribution in [0.2, 0.25) is 0 Å². The fourth-order valence-corrected chi connectivity index (χ4v) is 1.13. The molecule has 2 heterocycles. The van der Waals surface area contributed by atoms with Gasteiger partial charge in [-0.05, 0) is 12.2 Å². The van der Waals surface area contributed by atoms with E-state index in [2.05, 4.69) is 10.6 Å². The summed E-state index contributed by atoms with van der Waals surface area (Å²) >= 11 is 0. The first-order valence-corrected chi connectivity index (χ1v) is 3.77. The number of nitrogens with zero attached hydrogens (tertiary/aromatic N) is 2. The van der Waals surface area contributed by atoms with Gasteiger partial charge in [0.2, 0.25) is 0 Å². The summed E-state index contributed by atoms with van der Waals surface area (Å²) in [5.41, 5.74) is 8.70. The minimum absolute atomic E-state index is 0.246. The van der Waals surface area contributed by atoms with Gasteiger partial charge in [-0.25, -0.2) is 10.5 Å². The highest BCUT2D eigenvalue weighted by Gasteiger charge is 2.24. The van der Waals surface area contributed by atoms with E-state index >= 15 is 0 Å². The van der Waals surface area contributed by atoms with Gasteiger partial charge in [-0.1, -0.05) is 12.2 Å². The molecule has 5 heteroatoms. The molecule has 0 saturated carbocycles. The van der Waals surface area contributed by atoms with Crippen LogP contribution in [0.3, 0.4) is 0 Å². The summed E-state index contributed by atoms with van der Waals surface area (Å²) in [6.45, 7) is 0. The summed E-state index contributed by atoms with van der Waals surface area (Å²) in [5, 5.41) is 5.41. The van der Waals surface area contributed by atoms with Crippen LogP contribution in [0.15, 0.2) is 41.3 Å². The maximum Gasteiger partial charge on any atom is 0.271 e. The van der Waals surface area contributed by atoms with E-state index in [1.54, 1.807) is 17.3 Å². The van der Waals surface area contributed by atoms with Crippen LogP contribution in [0.4, 0.5) is 0 Å². The predicted molar refractivity (Wildman–Crippen MR) is 48.0 cm³/mol. The van der Waals surface area contributed by atoms with Crippen molar-refractivity contribution in [1.29, 1.82) is 0 Å². The fourth-order valence-electron chi connectivity index (χ4n) is 1.13. The molecule has 3 N–H and O–H groups in total. The summed E-state index contributed by atoms with van der Waals surface area (Å²) in [5.74, 6) is -0.537. The van der Waals surface area contributed by atoms with Gasteiger partial charge in [-0.3, -0.25) is 4.79 Å². The van der Waals surface area contributed by atoms with Gasteiger partial charge in [0.05, 0.1) is 5.70 Å². The predicted octanol–water partition coefficient (Wildman–Crippen LogP) is -0.385. The number of hydrazine groups is 1. The Morgan fingerprint density at radius 1 is 1.46 bits per heavy atom.